The number of carbonyl (C=O) groups excluding carboxylic acids is 1. The van der Waals surface area contributed by atoms with Gasteiger partial charge in [0.25, 0.3) is 0 Å². The topological polar surface area (TPSA) is 26.3 Å². The molecule has 0 spiro atoms. The molecule has 22 heavy (non-hydrogen) atoms. The molecule has 0 heterocycles. The number of rotatable bonds is 1. The van der Waals surface area contributed by atoms with E-state index in [1.807, 2.05) is 0 Å². The molecule has 0 amide bonds. The molecule has 7 atom stereocenters. The van der Waals surface area contributed by atoms with Crippen molar-refractivity contribution in [3.05, 3.63) is 10.1 Å². The molecule has 0 aromatic heterocycles. The van der Waals surface area contributed by atoms with Gasteiger partial charge >= 0.3 is 5.97 Å². The van der Waals surface area contributed by atoms with Crippen LogP contribution in [0.1, 0.15) is 19.8 Å². The molecule has 3 fully saturated rings. The smallest absolute Gasteiger partial charge is 0.302 e. The third-order valence-corrected chi connectivity index (χ3v) is 10.2. The van der Waals surface area contributed by atoms with Crippen LogP contribution in [0.3, 0.4) is 0 Å². The Morgan fingerprint density at radius 1 is 1.00 bits per heavy atom. The second-order valence-corrected chi connectivity index (χ2v) is 9.93. The number of alkyl halides is 4. The largest absolute Gasteiger partial charge is 0.462 e. The van der Waals surface area contributed by atoms with Crippen molar-refractivity contribution >= 4 is 75.6 Å². The van der Waals surface area contributed by atoms with Gasteiger partial charge in [-0.05, 0) is 24.7 Å². The van der Waals surface area contributed by atoms with E-state index in [1.54, 1.807) is 0 Å². The van der Waals surface area contributed by atoms with E-state index in [0.29, 0.717) is 0 Å². The summed E-state index contributed by atoms with van der Waals surface area (Å²) in [6.45, 7) is 1.40. The summed E-state index contributed by atoms with van der Waals surface area (Å²) in [5.74, 6) is -0.519. The normalized spacial score (nSPS) is 54.0. The highest BCUT2D eigenvalue weighted by Gasteiger charge is 2.87. The first kappa shape index (κ1) is 16.4. The van der Waals surface area contributed by atoms with Crippen molar-refractivity contribution in [2.45, 2.75) is 40.0 Å². The van der Waals surface area contributed by atoms with Crippen LogP contribution in [0.25, 0.3) is 0 Å². The summed E-state index contributed by atoms with van der Waals surface area (Å²) in [6.07, 6.45) is 1.55. The Balaban J connectivity index is 1.87. The fourth-order valence-corrected chi connectivity index (χ4v) is 8.49. The molecule has 3 saturated carbocycles. The summed E-state index contributed by atoms with van der Waals surface area (Å²) in [7, 11) is 0. The van der Waals surface area contributed by atoms with Crippen molar-refractivity contribution < 1.29 is 9.53 Å². The van der Waals surface area contributed by atoms with E-state index in [0.717, 1.165) is 12.8 Å². The van der Waals surface area contributed by atoms with Crippen LogP contribution in [0.15, 0.2) is 10.1 Å². The zero-order valence-corrected chi connectivity index (χ0v) is 15.9. The zero-order chi connectivity index (χ0) is 16.2. The minimum absolute atomic E-state index is 0.0485. The minimum atomic E-state index is -1.49. The van der Waals surface area contributed by atoms with Crippen molar-refractivity contribution in [2.24, 2.45) is 23.7 Å². The molecule has 1 unspecified atom stereocenters. The third-order valence-electron chi connectivity index (χ3n) is 5.95. The van der Waals surface area contributed by atoms with Crippen LogP contribution in [0.4, 0.5) is 0 Å². The van der Waals surface area contributed by atoms with E-state index < -0.39 is 14.1 Å². The molecule has 0 aliphatic heterocycles. The Morgan fingerprint density at radius 2 is 1.41 bits per heavy atom. The molecule has 8 heteroatoms. The Bertz CT molecular complexity index is 576. The summed E-state index contributed by atoms with van der Waals surface area (Å²) in [4.78, 5) is 8.96. The van der Waals surface area contributed by atoms with Gasteiger partial charge in [0.2, 0.25) is 0 Å². The average molecular weight is 425 g/mol. The van der Waals surface area contributed by atoms with Crippen molar-refractivity contribution in [2.75, 3.05) is 0 Å². The number of hydrogen-bond donors (Lipinski definition) is 0. The number of ether oxygens (including phenoxy) is 1. The van der Waals surface area contributed by atoms with Crippen molar-refractivity contribution in [1.29, 1.82) is 0 Å². The SMILES string of the molecule is CC(=O)OC1[C@H]2CC[C@@H]1[C@@H]1[C@@H]2[C@]2(Cl)C(Cl)=C(Cl)[C@]1(Cl)C2(Cl)Cl. The molecule has 0 N–H and O–H groups in total. The van der Waals surface area contributed by atoms with E-state index in [-0.39, 0.29) is 45.8 Å². The molecule has 0 aromatic carbocycles. The lowest BCUT2D eigenvalue weighted by Crippen LogP contribution is -2.47. The fraction of sp³-hybridized carbons (Fsp3) is 0.786. The van der Waals surface area contributed by atoms with Gasteiger partial charge in [0, 0.05) is 18.8 Å². The monoisotopic (exact) mass is 422 g/mol. The molecular formula is C14H12Cl6O2. The molecule has 0 aromatic rings. The molecule has 4 aliphatic carbocycles. The number of halogens is 6. The van der Waals surface area contributed by atoms with Crippen LogP contribution in [-0.2, 0) is 9.53 Å². The van der Waals surface area contributed by atoms with Crippen LogP contribution < -0.4 is 0 Å². The molecule has 4 aliphatic rings. The summed E-state index contributed by atoms with van der Waals surface area (Å²) < 4.78 is 4.05. The molecule has 4 rings (SSSR count). The number of carbonyl (C=O) groups is 1. The average Bonchev–Trinajstić information content (AvgIpc) is 3.02. The summed E-state index contributed by atoms with van der Waals surface area (Å²) in [5.41, 5.74) is 0. The van der Waals surface area contributed by atoms with Gasteiger partial charge in [-0.25, -0.2) is 0 Å². The van der Waals surface area contributed by atoms with Gasteiger partial charge in [-0.3, -0.25) is 4.79 Å². The van der Waals surface area contributed by atoms with Gasteiger partial charge in [0.15, 0.2) is 4.33 Å². The second kappa shape index (κ2) is 4.56. The zero-order valence-electron chi connectivity index (χ0n) is 11.4. The van der Waals surface area contributed by atoms with Crippen LogP contribution in [0.2, 0.25) is 0 Å². The maximum absolute atomic E-state index is 11.4. The first-order chi connectivity index (χ1) is 10.1. The number of esters is 1. The molecular weight excluding hydrogens is 413 g/mol. The summed E-state index contributed by atoms with van der Waals surface area (Å²) in [5, 5.41) is 0.456. The Hall–Kier alpha value is 0.950. The molecule has 0 saturated heterocycles. The predicted octanol–water partition coefficient (Wildman–Crippen LogP) is 5.04. The van der Waals surface area contributed by atoms with E-state index >= 15 is 0 Å². The van der Waals surface area contributed by atoms with Crippen LogP contribution in [0, 0.1) is 23.7 Å². The second-order valence-electron chi connectivity index (χ2n) is 6.66. The molecule has 122 valence electrons. The Morgan fingerprint density at radius 3 is 1.77 bits per heavy atom. The van der Waals surface area contributed by atoms with Crippen LogP contribution in [-0.4, -0.2) is 26.2 Å². The lowest BCUT2D eigenvalue weighted by atomic mass is 9.73. The van der Waals surface area contributed by atoms with Gasteiger partial charge in [0.05, 0.1) is 10.1 Å². The predicted molar refractivity (Wildman–Crippen MR) is 89.1 cm³/mol. The van der Waals surface area contributed by atoms with Crippen LogP contribution >= 0.6 is 69.6 Å². The van der Waals surface area contributed by atoms with E-state index in [2.05, 4.69) is 0 Å². The minimum Gasteiger partial charge on any atom is -0.462 e. The van der Waals surface area contributed by atoms with Gasteiger partial charge < -0.3 is 4.74 Å². The van der Waals surface area contributed by atoms with Crippen LogP contribution in [0.5, 0.6) is 0 Å². The highest BCUT2D eigenvalue weighted by molar-refractivity contribution is 6.65. The van der Waals surface area contributed by atoms with Gasteiger partial charge in [0.1, 0.15) is 15.9 Å². The molecule has 2 nitrogen and oxygen atoms in total. The summed E-state index contributed by atoms with van der Waals surface area (Å²) in [6, 6.07) is 0. The third kappa shape index (κ3) is 1.45. The highest BCUT2D eigenvalue weighted by atomic mass is 35.5. The Labute approximate surface area is 158 Å². The molecule has 0 radical (unpaired) electrons. The number of fused-ring (bicyclic) bond motifs is 9. The fourth-order valence-electron chi connectivity index (χ4n) is 5.35. The van der Waals surface area contributed by atoms with Gasteiger partial charge in [-0.1, -0.05) is 46.4 Å². The first-order valence-corrected chi connectivity index (χ1v) is 9.36. The standard InChI is InChI=1S/C14H12Cl6O2/c1-4(21)22-9-5-2-3-6(9)8-7(5)12(17)10(15)11(16)13(8,18)14(12,19)20/h5-9H,2-3H2,1H3/t5-,6+,7-,8-,9?,12+,13+/m1/s1. The van der Waals surface area contributed by atoms with E-state index in [1.165, 1.54) is 6.92 Å². The quantitative estimate of drug-likeness (QED) is 0.335. The molecule has 4 bridgehead atoms. The lowest BCUT2D eigenvalue weighted by Gasteiger charge is -2.38. The number of hydrogen-bond acceptors (Lipinski definition) is 2. The highest BCUT2D eigenvalue weighted by Crippen LogP contribution is 2.82. The number of allylic oxidation sites excluding steroid dienone is 2. The Kier molecular flexibility index (Phi) is 3.41. The summed E-state index contributed by atoms with van der Waals surface area (Å²) >= 11 is 39.7. The van der Waals surface area contributed by atoms with Crippen molar-refractivity contribution in [3.63, 3.8) is 0 Å². The van der Waals surface area contributed by atoms with Gasteiger partial charge in [-0.15, -0.1) is 23.2 Å². The van der Waals surface area contributed by atoms with Gasteiger partial charge in [-0.2, -0.15) is 0 Å². The van der Waals surface area contributed by atoms with E-state index in [9.17, 15) is 4.79 Å². The van der Waals surface area contributed by atoms with Crippen molar-refractivity contribution in [3.8, 4) is 0 Å². The maximum atomic E-state index is 11.4. The maximum Gasteiger partial charge on any atom is 0.302 e. The van der Waals surface area contributed by atoms with Crippen molar-refractivity contribution in [1.82, 2.24) is 0 Å². The van der Waals surface area contributed by atoms with E-state index in [4.69, 9.17) is 74.3 Å². The first-order valence-electron chi connectivity index (χ1n) is 7.09. The lowest BCUT2D eigenvalue weighted by molar-refractivity contribution is -0.149.